The molecule has 120 valence electrons. The van der Waals surface area contributed by atoms with E-state index in [1.165, 1.54) is 6.21 Å². The number of nitrogens with one attached hydrogen (secondary N) is 2. The van der Waals surface area contributed by atoms with Gasteiger partial charge in [-0.3, -0.25) is 9.59 Å². The molecule has 0 aromatic heterocycles. The number of rotatable bonds is 7. The second kappa shape index (κ2) is 7.84. The summed E-state index contributed by atoms with van der Waals surface area (Å²) in [5.74, 6) is -0.357. The van der Waals surface area contributed by atoms with Crippen LogP contribution < -0.4 is 10.9 Å². The van der Waals surface area contributed by atoms with Crippen molar-refractivity contribution >= 4 is 23.7 Å². The van der Waals surface area contributed by atoms with Gasteiger partial charge in [0.25, 0.3) is 11.8 Å². The number of quaternary nitrogens is 2. The number of hydrazone groups is 2. The van der Waals surface area contributed by atoms with Crippen LogP contribution >= 0.6 is 0 Å². The molecule has 0 fully saturated rings. The van der Waals surface area contributed by atoms with Crippen molar-refractivity contribution in [2.75, 3.05) is 55.4 Å². The fourth-order valence-corrected chi connectivity index (χ4v) is 1.31. The van der Waals surface area contributed by atoms with Gasteiger partial charge in [-0.05, 0) is 6.92 Å². The summed E-state index contributed by atoms with van der Waals surface area (Å²) in [5.41, 5.74) is 5.35. The second-order valence-electron chi connectivity index (χ2n) is 6.98. The number of carbonyl (C=O) groups is 2. The van der Waals surface area contributed by atoms with Gasteiger partial charge >= 0.3 is 0 Å². The van der Waals surface area contributed by atoms with Gasteiger partial charge in [0.1, 0.15) is 0 Å². The topological polar surface area (TPSA) is 82.9 Å². The summed E-state index contributed by atoms with van der Waals surface area (Å²) in [7, 11) is 11.5. The third kappa shape index (κ3) is 13.0. The highest BCUT2D eigenvalue weighted by molar-refractivity contribution is 6.29. The number of likely N-dealkylation sites (N-methyl/N-ethyl adjacent to an activating group) is 2. The number of carbonyl (C=O) groups excluding carboxylic acids is 2. The van der Waals surface area contributed by atoms with Crippen molar-refractivity contribution < 1.29 is 18.6 Å². The minimum Gasteiger partial charge on any atom is -0.323 e. The molecule has 0 aliphatic heterocycles. The van der Waals surface area contributed by atoms with E-state index in [4.69, 9.17) is 0 Å². The Balaban J connectivity index is 4.21. The first-order valence-electron chi connectivity index (χ1n) is 6.65. The molecule has 0 aromatic rings. The van der Waals surface area contributed by atoms with Crippen molar-refractivity contribution in [2.24, 2.45) is 10.2 Å². The average Bonchev–Trinajstić information content (AvgIpc) is 2.21. The van der Waals surface area contributed by atoms with E-state index in [1.807, 2.05) is 42.3 Å². The van der Waals surface area contributed by atoms with Gasteiger partial charge in [0.05, 0.1) is 54.2 Å². The normalized spacial score (nSPS) is 13.4. The van der Waals surface area contributed by atoms with Gasteiger partial charge in [-0.2, -0.15) is 10.2 Å². The molecule has 0 aliphatic rings. The Morgan fingerprint density at radius 1 is 0.905 bits per heavy atom. The number of hydrogen-bond donors (Lipinski definition) is 2. The molecule has 21 heavy (non-hydrogen) atoms. The standard InChI is InChI=1S/C13H26N6O2/c1-11(15-17-13(21)10-19(5,6)7)8-14-16-12(20)9-18(2,3)4/h8H,9-10H2,1-7H3/p+2. The Morgan fingerprint density at radius 2 is 1.33 bits per heavy atom. The van der Waals surface area contributed by atoms with Crippen molar-refractivity contribution in [3.05, 3.63) is 0 Å². The van der Waals surface area contributed by atoms with Gasteiger partial charge in [-0.1, -0.05) is 0 Å². The van der Waals surface area contributed by atoms with E-state index in [0.717, 1.165) is 0 Å². The van der Waals surface area contributed by atoms with Crippen LogP contribution in [0.4, 0.5) is 0 Å². The van der Waals surface area contributed by atoms with Crippen LogP contribution in [0.2, 0.25) is 0 Å². The fraction of sp³-hybridized carbons (Fsp3) is 0.692. The zero-order valence-corrected chi connectivity index (χ0v) is 14.1. The molecule has 0 rings (SSSR count). The SMILES string of the molecule is CC(/C=N/NC(=O)C[N+](C)(C)C)=N\NC(=O)C[N+](C)(C)C. The van der Waals surface area contributed by atoms with Crippen LogP contribution in [0, 0.1) is 0 Å². The van der Waals surface area contributed by atoms with Crippen molar-refractivity contribution in [3.63, 3.8) is 0 Å². The quantitative estimate of drug-likeness (QED) is 0.359. The number of nitrogens with zero attached hydrogens (tertiary/aromatic N) is 4. The van der Waals surface area contributed by atoms with E-state index < -0.39 is 0 Å². The molecule has 2 N–H and O–H groups in total. The average molecular weight is 300 g/mol. The van der Waals surface area contributed by atoms with Crippen LogP contribution in [0.15, 0.2) is 10.2 Å². The molecule has 8 heteroatoms. The van der Waals surface area contributed by atoms with Crippen molar-refractivity contribution in [2.45, 2.75) is 6.92 Å². The van der Waals surface area contributed by atoms with Crippen LogP contribution in [-0.4, -0.2) is 88.1 Å². The first kappa shape index (κ1) is 19.2. The Bertz CT molecular complexity index is 429. The molecule has 0 aliphatic carbocycles. The smallest absolute Gasteiger partial charge is 0.295 e. The molecule has 0 spiro atoms. The first-order valence-corrected chi connectivity index (χ1v) is 6.65. The first-order chi connectivity index (χ1) is 9.39. The Labute approximate surface area is 126 Å². The Kier molecular flexibility index (Phi) is 7.17. The summed E-state index contributed by atoms with van der Waals surface area (Å²) in [6.45, 7) is 2.34. The molecular weight excluding hydrogens is 272 g/mol. The molecule has 0 heterocycles. The van der Waals surface area contributed by atoms with Gasteiger partial charge in [-0.15, -0.1) is 0 Å². The maximum atomic E-state index is 11.6. The van der Waals surface area contributed by atoms with E-state index in [0.29, 0.717) is 27.8 Å². The predicted octanol–water partition coefficient (Wildman–Crippen LogP) is -1.01. The van der Waals surface area contributed by atoms with Gasteiger partial charge in [0.15, 0.2) is 13.1 Å². The summed E-state index contributed by atoms with van der Waals surface area (Å²) in [5, 5.41) is 7.67. The fourth-order valence-electron chi connectivity index (χ4n) is 1.31. The van der Waals surface area contributed by atoms with Crippen LogP contribution in [0.5, 0.6) is 0 Å². The second-order valence-corrected chi connectivity index (χ2v) is 6.98. The summed E-state index contributed by atoms with van der Waals surface area (Å²) in [4.78, 5) is 23.1. The minimum absolute atomic E-state index is 0.177. The molecule has 0 saturated heterocycles. The predicted molar refractivity (Wildman–Crippen MR) is 83.7 cm³/mol. The molecule has 0 radical (unpaired) electrons. The number of amides is 2. The van der Waals surface area contributed by atoms with E-state index >= 15 is 0 Å². The third-order valence-electron chi connectivity index (χ3n) is 2.03. The lowest BCUT2D eigenvalue weighted by Crippen LogP contribution is -2.43. The summed E-state index contributed by atoms with van der Waals surface area (Å²) < 4.78 is 1.05. The zero-order valence-electron chi connectivity index (χ0n) is 14.1. The van der Waals surface area contributed by atoms with Crippen molar-refractivity contribution in [1.82, 2.24) is 10.9 Å². The molecule has 2 amide bonds. The Morgan fingerprint density at radius 3 is 1.76 bits per heavy atom. The van der Waals surface area contributed by atoms with E-state index in [1.54, 1.807) is 6.92 Å². The van der Waals surface area contributed by atoms with Crippen LogP contribution in [-0.2, 0) is 9.59 Å². The molecular formula is C13H28N6O2+2. The van der Waals surface area contributed by atoms with Gasteiger partial charge in [0.2, 0.25) is 0 Å². The molecule has 0 atom stereocenters. The summed E-state index contributed by atoms with van der Waals surface area (Å²) in [6, 6.07) is 0. The molecule has 8 nitrogen and oxygen atoms in total. The van der Waals surface area contributed by atoms with Crippen LogP contribution in [0.25, 0.3) is 0 Å². The largest absolute Gasteiger partial charge is 0.323 e. The highest BCUT2D eigenvalue weighted by atomic mass is 16.2. The molecule has 0 unspecified atom stereocenters. The zero-order chi connectivity index (χ0) is 16.7. The summed E-state index contributed by atoms with van der Waals surface area (Å²) >= 11 is 0. The highest BCUT2D eigenvalue weighted by Crippen LogP contribution is 1.89. The third-order valence-corrected chi connectivity index (χ3v) is 2.03. The van der Waals surface area contributed by atoms with Crippen LogP contribution in [0.3, 0.4) is 0 Å². The molecule has 0 bridgehead atoms. The number of hydrogen-bond acceptors (Lipinski definition) is 4. The Hall–Kier alpha value is -1.80. The monoisotopic (exact) mass is 300 g/mol. The maximum absolute atomic E-state index is 11.6. The van der Waals surface area contributed by atoms with Crippen molar-refractivity contribution in [1.29, 1.82) is 0 Å². The minimum atomic E-state index is -0.180. The van der Waals surface area contributed by atoms with E-state index in [-0.39, 0.29) is 11.8 Å². The maximum Gasteiger partial charge on any atom is 0.295 e. The van der Waals surface area contributed by atoms with Crippen molar-refractivity contribution in [3.8, 4) is 0 Å². The highest BCUT2D eigenvalue weighted by Gasteiger charge is 2.14. The lowest BCUT2D eigenvalue weighted by Gasteiger charge is -2.22. The van der Waals surface area contributed by atoms with Gasteiger partial charge < -0.3 is 8.97 Å². The van der Waals surface area contributed by atoms with Gasteiger partial charge in [0, 0.05) is 0 Å². The molecule has 0 aromatic carbocycles. The lowest BCUT2D eigenvalue weighted by molar-refractivity contribution is -0.862. The van der Waals surface area contributed by atoms with Crippen LogP contribution in [0.1, 0.15) is 6.92 Å². The van der Waals surface area contributed by atoms with Gasteiger partial charge in [-0.25, -0.2) is 10.9 Å². The molecule has 0 saturated carbocycles. The lowest BCUT2D eigenvalue weighted by atomic mass is 10.5. The van der Waals surface area contributed by atoms with E-state index in [2.05, 4.69) is 21.1 Å². The van der Waals surface area contributed by atoms with E-state index in [9.17, 15) is 9.59 Å². The summed E-state index contributed by atoms with van der Waals surface area (Å²) in [6.07, 6.45) is 1.39.